The first-order valence-corrected chi connectivity index (χ1v) is 9.25. The number of hydrogen-bond donors (Lipinski definition) is 1. The third-order valence-corrected chi connectivity index (χ3v) is 4.91. The number of rotatable bonds is 6. The summed E-state index contributed by atoms with van der Waals surface area (Å²) >= 11 is 0. The Morgan fingerprint density at radius 1 is 1.32 bits per heavy atom. The van der Waals surface area contributed by atoms with Crippen molar-refractivity contribution in [3.05, 3.63) is 41.9 Å². The van der Waals surface area contributed by atoms with E-state index in [4.69, 9.17) is 14.4 Å². The minimum Gasteiger partial charge on any atom is -0.478 e. The van der Waals surface area contributed by atoms with Gasteiger partial charge in [-0.2, -0.15) is 0 Å². The van der Waals surface area contributed by atoms with E-state index >= 15 is 0 Å². The van der Waals surface area contributed by atoms with Gasteiger partial charge >= 0.3 is 11.9 Å². The van der Waals surface area contributed by atoms with Crippen molar-refractivity contribution < 1.29 is 28.3 Å². The van der Waals surface area contributed by atoms with Crippen LogP contribution in [0.25, 0.3) is 11.0 Å². The number of carboxylic acid groups (broad SMARTS) is 1. The minimum atomic E-state index is -1.20. The second kappa shape index (κ2) is 8.52. The largest absolute Gasteiger partial charge is 0.478 e. The van der Waals surface area contributed by atoms with Crippen molar-refractivity contribution in [3.63, 3.8) is 0 Å². The zero-order valence-corrected chi connectivity index (χ0v) is 15.8. The maximum atomic E-state index is 13.3. The molecular weight excluding hydrogens is 367 g/mol. The van der Waals surface area contributed by atoms with Gasteiger partial charge in [0.25, 0.3) is 0 Å². The lowest BCUT2D eigenvalue weighted by atomic mass is 9.91. The van der Waals surface area contributed by atoms with E-state index in [9.17, 15) is 14.0 Å². The summed E-state index contributed by atoms with van der Waals surface area (Å²) in [4.78, 5) is 24.5. The normalized spacial score (nSPS) is 17.4. The lowest BCUT2D eigenvalue weighted by Gasteiger charge is -2.38. The summed E-state index contributed by atoms with van der Waals surface area (Å²) < 4.78 is 24.1. The predicted octanol–water partition coefficient (Wildman–Crippen LogP) is 3.31. The Balaban J connectivity index is 1.65. The number of nitrogens with zero attached hydrogens (tertiary/aromatic N) is 2. The van der Waals surface area contributed by atoms with Crippen LogP contribution < -0.4 is 0 Å². The fraction of sp³-hybridized carbons (Fsp3) is 0.450. The van der Waals surface area contributed by atoms with Crippen molar-refractivity contribution in [2.75, 3.05) is 13.1 Å². The van der Waals surface area contributed by atoms with Gasteiger partial charge in [-0.25, -0.2) is 14.0 Å². The third kappa shape index (κ3) is 4.56. The van der Waals surface area contributed by atoms with E-state index in [1.165, 1.54) is 12.1 Å². The Bertz CT molecular complexity index is 884. The first-order chi connectivity index (χ1) is 13.3. The lowest BCUT2D eigenvalue weighted by molar-refractivity contribution is -0.159. The Hall–Kier alpha value is -2.74. The van der Waals surface area contributed by atoms with E-state index in [1.807, 2.05) is 13.8 Å². The highest BCUT2D eigenvalue weighted by Gasteiger charge is 2.31. The van der Waals surface area contributed by atoms with Crippen molar-refractivity contribution in [2.45, 2.75) is 38.8 Å². The van der Waals surface area contributed by atoms with Crippen molar-refractivity contribution in [3.8, 4) is 0 Å². The topological polar surface area (TPSA) is 92.9 Å². The summed E-state index contributed by atoms with van der Waals surface area (Å²) in [5.74, 6) is -2.00. The summed E-state index contributed by atoms with van der Waals surface area (Å²) in [5, 5.41) is 13.6. The maximum Gasteiger partial charge on any atom is 0.332 e. The van der Waals surface area contributed by atoms with E-state index in [1.54, 1.807) is 6.07 Å². The molecule has 3 rings (SSSR count). The van der Waals surface area contributed by atoms with Gasteiger partial charge in [-0.3, -0.25) is 4.90 Å². The molecule has 2 aromatic rings. The molecule has 1 N–H and O–H groups in total. The second-order valence-corrected chi connectivity index (χ2v) is 7.26. The summed E-state index contributed by atoms with van der Waals surface area (Å²) in [7, 11) is 0. The van der Waals surface area contributed by atoms with Gasteiger partial charge in [0.1, 0.15) is 5.82 Å². The van der Waals surface area contributed by atoms with Crippen LogP contribution in [0.15, 0.2) is 34.9 Å². The van der Waals surface area contributed by atoms with Crippen LogP contribution in [0.3, 0.4) is 0 Å². The van der Waals surface area contributed by atoms with E-state index in [0.717, 1.165) is 36.1 Å². The van der Waals surface area contributed by atoms with E-state index in [0.29, 0.717) is 18.7 Å². The highest BCUT2D eigenvalue weighted by Crippen LogP contribution is 2.34. The molecule has 0 radical (unpaired) electrons. The number of carboxylic acids is 1. The first-order valence-electron chi connectivity index (χ1n) is 9.25. The molecule has 8 heteroatoms. The van der Waals surface area contributed by atoms with E-state index in [-0.39, 0.29) is 17.7 Å². The Kier molecular flexibility index (Phi) is 6.08. The van der Waals surface area contributed by atoms with Gasteiger partial charge in [0, 0.05) is 48.5 Å². The molecule has 0 spiro atoms. The second-order valence-electron chi connectivity index (χ2n) is 7.26. The van der Waals surface area contributed by atoms with Crippen molar-refractivity contribution in [1.29, 1.82) is 0 Å². The van der Waals surface area contributed by atoms with Gasteiger partial charge in [0.15, 0.2) is 11.8 Å². The molecule has 7 nitrogen and oxygen atoms in total. The number of hydrogen-bond acceptors (Lipinski definition) is 6. The van der Waals surface area contributed by atoms with Crippen LogP contribution >= 0.6 is 0 Å². The predicted molar refractivity (Wildman–Crippen MR) is 99.0 cm³/mol. The zero-order chi connectivity index (χ0) is 20.3. The van der Waals surface area contributed by atoms with Crippen LogP contribution in [-0.2, 0) is 14.3 Å². The first kappa shape index (κ1) is 20.0. The Morgan fingerprint density at radius 2 is 2.04 bits per heavy atom. The molecule has 0 bridgehead atoms. The fourth-order valence-electron chi connectivity index (χ4n) is 3.58. The van der Waals surface area contributed by atoms with Crippen molar-refractivity contribution in [1.82, 2.24) is 10.1 Å². The molecule has 28 heavy (non-hydrogen) atoms. The molecule has 0 unspecified atom stereocenters. The number of halogens is 1. The van der Waals surface area contributed by atoms with Gasteiger partial charge in [-0.15, -0.1) is 0 Å². The van der Waals surface area contributed by atoms with Gasteiger partial charge < -0.3 is 14.4 Å². The summed E-state index contributed by atoms with van der Waals surface area (Å²) in [6.45, 7) is 5.28. The van der Waals surface area contributed by atoms with Crippen LogP contribution in [-0.4, -0.2) is 46.4 Å². The number of carbonyl (C=O) groups excluding carboxylic acids is 1. The fourth-order valence-corrected chi connectivity index (χ4v) is 3.58. The van der Waals surface area contributed by atoms with Crippen molar-refractivity contribution in [2.24, 2.45) is 5.92 Å². The summed E-state index contributed by atoms with van der Waals surface area (Å²) in [6.07, 6.45) is 2.85. The molecule has 0 amide bonds. The summed E-state index contributed by atoms with van der Waals surface area (Å²) in [5.41, 5.74) is 1.27. The van der Waals surface area contributed by atoms with Gasteiger partial charge in [-0.05, 0) is 25.0 Å². The molecule has 1 fully saturated rings. The van der Waals surface area contributed by atoms with Crippen LogP contribution in [0.1, 0.15) is 38.3 Å². The Labute approximate surface area is 161 Å². The number of piperidine rings is 1. The van der Waals surface area contributed by atoms with Crippen LogP contribution in [0, 0.1) is 11.7 Å². The Morgan fingerprint density at radius 3 is 2.68 bits per heavy atom. The highest BCUT2D eigenvalue weighted by atomic mass is 19.1. The molecule has 1 saturated heterocycles. The molecule has 2 heterocycles. The molecule has 1 aliphatic rings. The maximum absolute atomic E-state index is 13.3. The van der Waals surface area contributed by atoms with Gasteiger partial charge in [-0.1, -0.05) is 19.0 Å². The molecule has 0 saturated carbocycles. The smallest absolute Gasteiger partial charge is 0.332 e. The number of fused-ring (bicyclic) bond motifs is 1. The minimum absolute atomic E-state index is 0.0505. The number of carbonyl (C=O) groups is 2. The number of likely N-dealkylation sites (tertiary alicyclic amines) is 1. The van der Waals surface area contributed by atoms with Crippen LogP contribution in [0.2, 0.25) is 0 Å². The number of aliphatic carboxylic acids is 1. The van der Waals surface area contributed by atoms with Gasteiger partial charge in [0.05, 0.1) is 5.69 Å². The highest BCUT2D eigenvalue weighted by molar-refractivity contribution is 5.90. The van der Waals surface area contributed by atoms with Crippen LogP contribution in [0.4, 0.5) is 4.39 Å². The van der Waals surface area contributed by atoms with Crippen LogP contribution in [0.5, 0.6) is 0 Å². The number of benzene rings is 1. The molecule has 1 aromatic heterocycles. The van der Waals surface area contributed by atoms with E-state index in [2.05, 4.69) is 10.1 Å². The molecule has 1 aromatic carbocycles. The van der Waals surface area contributed by atoms with Crippen molar-refractivity contribution >= 4 is 22.9 Å². The van der Waals surface area contributed by atoms with Gasteiger partial charge in [0.2, 0.25) is 0 Å². The van der Waals surface area contributed by atoms with E-state index < -0.39 is 18.2 Å². The average Bonchev–Trinajstić information content (AvgIpc) is 3.07. The molecule has 150 valence electrons. The molecule has 1 aliphatic heterocycles. The standard InChI is InChI=1S/C20H23FN2O5/c1-12(2)20(27-18(26)6-5-17(24)25)23-9-7-13(8-10-23)19-15-4-3-14(21)11-16(15)28-22-19/h3-6,11-13,20H,7-10H2,1-2H3,(H,24,25)/t20-/m0/s1. The monoisotopic (exact) mass is 390 g/mol. The average molecular weight is 390 g/mol. The number of esters is 1. The number of ether oxygens (including phenoxy) is 1. The molecule has 0 aliphatic carbocycles. The summed E-state index contributed by atoms with van der Waals surface area (Å²) in [6, 6.07) is 4.42. The third-order valence-electron chi connectivity index (χ3n) is 4.91. The zero-order valence-electron chi connectivity index (χ0n) is 15.8. The number of aromatic nitrogens is 1. The SMILES string of the molecule is CC(C)[C@H](OC(=O)C=CC(=O)O)N1CCC(c2noc3cc(F)ccc23)CC1. The quantitative estimate of drug-likeness (QED) is 0.597. The molecule has 1 atom stereocenters. The molecular formula is C20H23FN2O5. The lowest BCUT2D eigenvalue weighted by Crippen LogP contribution is -2.46.